The van der Waals surface area contributed by atoms with Crippen LogP contribution in [0.15, 0.2) is 0 Å². The quantitative estimate of drug-likeness (QED) is 0.303. The third-order valence-electron chi connectivity index (χ3n) is 0. The first-order valence-electron chi connectivity index (χ1n) is 1.98. The van der Waals surface area contributed by atoms with Gasteiger partial charge in [0.25, 0.3) is 21.2 Å². The molecule has 0 spiro atoms. The molecule has 0 aromatic heterocycles. The minimum absolute atomic E-state index is 0. The molecule has 0 aromatic carbocycles. The second-order valence-corrected chi connectivity index (χ2v) is 6.21. The molecule has 0 atom stereocenters. The van der Waals surface area contributed by atoms with Gasteiger partial charge in [0.1, 0.15) is 9.86 Å². The summed E-state index contributed by atoms with van der Waals surface area (Å²) in [4.78, 5) is 4.47. The predicted octanol–water partition coefficient (Wildman–Crippen LogP) is -0.899. The lowest BCUT2D eigenvalue weighted by Gasteiger charge is -1.69. The molecular formula is C7H23IS+2. The summed E-state index contributed by atoms with van der Waals surface area (Å²) in [6.45, 7) is 0. The van der Waals surface area contributed by atoms with E-state index in [1.807, 2.05) is 0 Å². The summed E-state index contributed by atoms with van der Waals surface area (Å²) >= 11 is 0.590. The van der Waals surface area contributed by atoms with Gasteiger partial charge in [0.15, 0.2) is 0 Å². The van der Waals surface area contributed by atoms with Crippen LogP contribution in [0.5, 0.6) is 0 Å². The van der Waals surface area contributed by atoms with Crippen LogP contribution in [0.1, 0.15) is 14.9 Å². The molecule has 0 rings (SSSR count). The topological polar surface area (TPSA) is 0 Å². The highest BCUT2D eigenvalue weighted by atomic mass is 127. The summed E-state index contributed by atoms with van der Waals surface area (Å²) in [5.74, 6) is 0. The lowest BCUT2D eigenvalue weighted by molar-refractivity contribution is -0.597. The largest absolute Gasteiger partial charge is 0.261 e. The molecule has 0 unspecified atom stereocenters. The van der Waals surface area contributed by atoms with E-state index in [1.165, 1.54) is 0 Å². The molecule has 0 aromatic rings. The van der Waals surface area contributed by atoms with Crippen LogP contribution in [-0.4, -0.2) is 28.6 Å². The Balaban J connectivity index is -0.0000000233. The van der Waals surface area contributed by atoms with Crippen molar-refractivity contribution in [2.24, 2.45) is 0 Å². The van der Waals surface area contributed by atoms with Crippen LogP contribution in [0.3, 0.4) is 0 Å². The summed E-state index contributed by atoms with van der Waals surface area (Å²) < 4.78 is 0. The minimum atomic E-state index is 0. The molecule has 0 amide bonds. The summed E-state index contributed by atoms with van der Waals surface area (Å²) in [6.07, 6.45) is 6.58. The van der Waals surface area contributed by atoms with Crippen molar-refractivity contribution in [3.05, 3.63) is 0 Å². The Morgan fingerprint density at radius 2 is 0.889 bits per heavy atom. The van der Waals surface area contributed by atoms with Gasteiger partial charge in [0, 0.05) is 0 Å². The molecule has 9 heavy (non-hydrogen) atoms. The van der Waals surface area contributed by atoms with Gasteiger partial charge in [-0.05, 0) is 10.9 Å². The SMILES string of the molecule is C.C.C[I+]C.C[S+](C)C. The Morgan fingerprint density at radius 3 is 0.889 bits per heavy atom. The average Bonchev–Trinajstić information content (AvgIpc) is 1.33. The molecule has 0 bridgehead atoms. The third-order valence-corrected chi connectivity index (χ3v) is 0. The molecule has 0 N–H and O–H groups in total. The van der Waals surface area contributed by atoms with Crippen molar-refractivity contribution in [1.82, 2.24) is 0 Å². The molecule has 2 heteroatoms. The predicted molar refractivity (Wildman–Crippen MR) is 50.4 cm³/mol. The zero-order valence-electron chi connectivity index (χ0n) is 5.79. The van der Waals surface area contributed by atoms with Crippen molar-refractivity contribution in [1.29, 1.82) is 0 Å². The fraction of sp³-hybridized carbons (Fsp3) is 1.00. The van der Waals surface area contributed by atoms with Crippen LogP contribution in [0, 0.1) is 0 Å². The molecule has 0 nitrogen and oxygen atoms in total. The summed E-state index contributed by atoms with van der Waals surface area (Å²) in [7, 11) is 0.639. The Labute approximate surface area is 75.4 Å². The van der Waals surface area contributed by atoms with E-state index in [1.54, 1.807) is 0 Å². The average molecular weight is 266 g/mol. The zero-order valence-corrected chi connectivity index (χ0v) is 8.76. The van der Waals surface area contributed by atoms with Crippen LogP contribution in [0.2, 0.25) is 0 Å². The minimum Gasteiger partial charge on any atom is -0.0776 e. The maximum atomic E-state index is 2.24. The van der Waals surface area contributed by atoms with Crippen LogP contribution in [-0.2, 0) is 10.9 Å². The number of hydrogen-bond donors (Lipinski definition) is 0. The monoisotopic (exact) mass is 266 g/mol. The molecule has 0 saturated carbocycles. The fourth-order valence-corrected chi connectivity index (χ4v) is 0. The van der Waals surface area contributed by atoms with E-state index in [0.29, 0.717) is 32.1 Å². The highest BCUT2D eigenvalue weighted by Gasteiger charge is 1.77. The van der Waals surface area contributed by atoms with Gasteiger partial charge in [0.05, 0.1) is 18.8 Å². The zero-order chi connectivity index (χ0) is 6.28. The van der Waals surface area contributed by atoms with Crippen molar-refractivity contribution in [2.75, 3.05) is 28.6 Å². The summed E-state index contributed by atoms with van der Waals surface area (Å²) in [5, 5.41) is 0. The highest BCUT2D eigenvalue weighted by Crippen LogP contribution is 1.63. The van der Waals surface area contributed by atoms with E-state index in [2.05, 4.69) is 28.6 Å². The fourth-order valence-electron chi connectivity index (χ4n) is 0. The maximum Gasteiger partial charge on any atom is 0.261 e. The van der Waals surface area contributed by atoms with E-state index >= 15 is 0 Å². The van der Waals surface area contributed by atoms with E-state index < -0.39 is 0 Å². The highest BCUT2D eigenvalue weighted by molar-refractivity contribution is 7.94. The number of halogens is 1. The Bertz CT molecular complexity index is 20.1. The van der Waals surface area contributed by atoms with Gasteiger partial charge in [-0.2, -0.15) is 0 Å². The molecule has 0 radical (unpaired) electrons. The van der Waals surface area contributed by atoms with E-state index in [0.717, 1.165) is 0 Å². The molecule has 0 aliphatic carbocycles. The van der Waals surface area contributed by atoms with Gasteiger partial charge >= 0.3 is 0 Å². The van der Waals surface area contributed by atoms with Crippen molar-refractivity contribution in [3.8, 4) is 0 Å². The normalized spacial score (nSPS) is 6.00. The first-order chi connectivity index (χ1) is 3.15. The second-order valence-electron chi connectivity index (χ2n) is 1.60. The van der Waals surface area contributed by atoms with E-state index in [9.17, 15) is 0 Å². The van der Waals surface area contributed by atoms with Crippen LogP contribution in [0.25, 0.3) is 0 Å². The second kappa shape index (κ2) is 23.0. The molecule has 0 heterocycles. The van der Waals surface area contributed by atoms with Gasteiger partial charge in [-0.1, -0.05) is 14.9 Å². The Morgan fingerprint density at radius 1 is 0.889 bits per heavy atom. The molecular weight excluding hydrogens is 243 g/mol. The molecule has 62 valence electrons. The van der Waals surface area contributed by atoms with Gasteiger partial charge in [-0.25, -0.2) is 0 Å². The molecule has 0 saturated heterocycles. The summed E-state index contributed by atoms with van der Waals surface area (Å²) in [6, 6.07) is 0. The maximum absolute atomic E-state index is 2.24. The third kappa shape index (κ3) is 390. The number of rotatable bonds is 0. The first-order valence-corrected chi connectivity index (χ1v) is 8.75. The van der Waals surface area contributed by atoms with Crippen LogP contribution < -0.4 is 21.2 Å². The van der Waals surface area contributed by atoms with Crippen LogP contribution >= 0.6 is 0 Å². The number of hydrogen-bond acceptors (Lipinski definition) is 0. The van der Waals surface area contributed by atoms with E-state index in [4.69, 9.17) is 0 Å². The molecule has 0 aliphatic heterocycles. The molecule has 0 aliphatic rings. The van der Waals surface area contributed by atoms with Crippen molar-refractivity contribution >= 4 is 10.9 Å². The van der Waals surface area contributed by atoms with Gasteiger partial charge < -0.3 is 0 Å². The Kier molecular flexibility index (Phi) is 57.4. The summed E-state index contributed by atoms with van der Waals surface area (Å²) in [5.41, 5.74) is 0. The lowest BCUT2D eigenvalue weighted by Crippen LogP contribution is -3.59. The first kappa shape index (κ1) is 22.5. The Hall–Kier alpha value is 1.08. The van der Waals surface area contributed by atoms with Gasteiger partial charge in [-0.3, -0.25) is 0 Å². The van der Waals surface area contributed by atoms with Gasteiger partial charge in [0.2, 0.25) is 0 Å². The van der Waals surface area contributed by atoms with E-state index in [-0.39, 0.29) is 14.9 Å². The van der Waals surface area contributed by atoms with Crippen molar-refractivity contribution in [3.63, 3.8) is 0 Å². The lowest BCUT2D eigenvalue weighted by atomic mass is 11.9. The van der Waals surface area contributed by atoms with Gasteiger partial charge in [-0.15, -0.1) is 0 Å². The van der Waals surface area contributed by atoms with Crippen molar-refractivity contribution in [2.45, 2.75) is 14.9 Å². The standard InChI is InChI=1S/C3H9S.C2H6I.2CH4/c1-4(2)3;1-3-2;;/h1-3H3;1-2H3;2*1H4/q2*+1;;. The number of alkyl halides is 2. The van der Waals surface area contributed by atoms with Crippen molar-refractivity contribution < 1.29 is 21.2 Å². The smallest absolute Gasteiger partial charge is 0.0776 e. The molecule has 0 fully saturated rings. The van der Waals surface area contributed by atoms with Crippen LogP contribution in [0.4, 0.5) is 0 Å².